The molecule has 0 fully saturated rings. The minimum atomic E-state index is -0.156. The van der Waals surface area contributed by atoms with Crippen molar-refractivity contribution in [1.29, 1.82) is 0 Å². The van der Waals surface area contributed by atoms with Gasteiger partial charge in [-0.1, -0.05) is 23.8 Å². The smallest absolute Gasteiger partial charge is 0.253 e. The minimum Gasteiger partial charge on any atom is -0.497 e. The van der Waals surface area contributed by atoms with Gasteiger partial charge >= 0.3 is 0 Å². The van der Waals surface area contributed by atoms with Crippen LogP contribution in [0.15, 0.2) is 71.5 Å². The molecule has 5 rings (SSSR count). The van der Waals surface area contributed by atoms with E-state index in [1.165, 1.54) is 0 Å². The SMILES string of the molecule is COc1ccc2[nH]c(=O)c(CN(Cc3ccc4c(c3)OCO4)C(=S)Nc3ccc(C)cc3)cc2c1. The van der Waals surface area contributed by atoms with E-state index in [1.54, 1.807) is 7.11 Å². The highest BCUT2D eigenvalue weighted by molar-refractivity contribution is 7.80. The predicted molar refractivity (Wildman–Crippen MR) is 140 cm³/mol. The molecule has 0 atom stereocenters. The monoisotopic (exact) mass is 487 g/mol. The minimum absolute atomic E-state index is 0.156. The number of ether oxygens (including phenoxy) is 3. The molecule has 3 aromatic carbocycles. The number of nitrogens with zero attached hydrogens (tertiary/aromatic N) is 1. The van der Waals surface area contributed by atoms with Crippen LogP contribution in [0.5, 0.6) is 17.2 Å². The van der Waals surface area contributed by atoms with Gasteiger partial charge < -0.3 is 29.4 Å². The molecule has 0 saturated carbocycles. The standard InChI is InChI=1S/C27H25N3O4S/c1-17-3-6-21(7-4-17)28-27(35)30(14-18-5-10-24-25(11-18)34-16-33-24)15-20-12-19-13-22(32-2)8-9-23(19)29-26(20)31/h3-13H,14-16H2,1-2H3,(H,28,35)(H,29,31). The molecule has 1 aliphatic heterocycles. The Kier molecular flexibility index (Phi) is 6.29. The number of methoxy groups -OCH3 is 1. The molecule has 0 spiro atoms. The number of nitrogens with one attached hydrogen (secondary N) is 2. The average Bonchev–Trinajstić information content (AvgIpc) is 3.33. The Hall–Kier alpha value is -4.04. The van der Waals surface area contributed by atoms with Crippen LogP contribution in [0.3, 0.4) is 0 Å². The van der Waals surface area contributed by atoms with Gasteiger partial charge in [0.15, 0.2) is 16.6 Å². The van der Waals surface area contributed by atoms with Crippen molar-refractivity contribution in [2.45, 2.75) is 20.0 Å². The summed E-state index contributed by atoms with van der Waals surface area (Å²) < 4.78 is 16.3. The highest BCUT2D eigenvalue weighted by Crippen LogP contribution is 2.33. The number of benzene rings is 3. The third-order valence-electron chi connectivity index (χ3n) is 5.89. The van der Waals surface area contributed by atoms with E-state index in [4.69, 9.17) is 26.4 Å². The molecule has 7 nitrogen and oxygen atoms in total. The third-order valence-corrected chi connectivity index (χ3v) is 6.25. The molecule has 1 aliphatic rings. The molecule has 0 bridgehead atoms. The Labute approximate surface area is 208 Å². The summed E-state index contributed by atoms with van der Waals surface area (Å²) >= 11 is 5.79. The number of anilines is 1. The molecule has 0 aliphatic carbocycles. The molecule has 0 unspecified atom stereocenters. The summed E-state index contributed by atoms with van der Waals surface area (Å²) in [5.74, 6) is 2.15. The fourth-order valence-electron chi connectivity index (χ4n) is 3.98. The molecule has 0 amide bonds. The summed E-state index contributed by atoms with van der Waals surface area (Å²) in [6.45, 7) is 3.04. The lowest BCUT2D eigenvalue weighted by molar-refractivity contribution is 0.174. The summed E-state index contributed by atoms with van der Waals surface area (Å²) in [5.41, 5.74) is 4.23. The van der Waals surface area contributed by atoms with Crippen molar-refractivity contribution in [1.82, 2.24) is 9.88 Å². The van der Waals surface area contributed by atoms with Crippen LogP contribution in [0.4, 0.5) is 5.69 Å². The van der Waals surface area contributed by atoms with Crippen LogP contribution >= 0.6 is 12.2 Å². The molecule has 0 radical (unpaired) electrons. The number of pyridine rings is 1. The van der Waals surface area contributed by atoms with E-state index >= 15 is 0 Å². The Morgan fingerprint density at radius 2 is 1.83 bits per heavy atom. The van der Waals surface area contributed by atoms with Crippen LogP contribution in [-0.4, -0.2) is 28.9 Å². The molecule has 8 heteroatoms. The molecule has 2 N–H and O–H groups in total. The summed E-state index contributed by atoms with van der Waals surface area (Å²) in [6.07, 6.45) is 0. The Morgan fingerprint density at radius 1 is 1.03 bits per heavy atom. The fourth-order valence-corrected chi connectivity index (χ4v) is 4.23. The van der Waals surface area contributed by atoms with Gasteiger partial charge in [0.2, 0.25) is 6.79 Å². The van der Waals surface area contributed by atoms with Crippen molar-refractivity contribution in [3.63, 3.8) is 0 Å². The molecule has 178 valence electrons. The van der Waals surface area contributed by atoms with Gasteiger partial charge in [-0.3, -0.25) is 4.79 Å². The van der Waals surface area contributed by atoms with Crippen LogP contribution in [0.1, 0.15) is 16.7 Å². The number of hydrogen-bond acceptors (Lipinski definition) is 5. The Morgan fingerprint density at radius 3 is 2.63 bits per heavy atom. The lowest BCUT2D eigenvalue weighted by Gasteiger charge is -2.26. The molecular weight excluding hydrogens is 462 g/mol. The van der Waals surface area contributed by atoms with Crippen molar-refractivity contribution in [3.8, 4) is 17.2 Å². The molecule has 35 heavy (non-hydrogen) atoms. The van der Waals surface area contributed by atoms with E-state index in [0.717, 1.165) is 39.2 Å². The van der Waals surface area contributed by atoms with Crippen molar-refractivity contribution in [2.24, 2.45) is 0 Å². The van der Waals surface area contributed by atoms with Gasteiger partial charge in [-0.15, -0.1) is 0 Å². The summed E-state index contributed by atoms with van der Waals surface area (Å²) in [7, 11) is 1.62. The lowest BCUT2D eigenvalue weighted by atomic mass is 10.1. The molecule has 4 aromatic rings. The van der Waals surface area contributed by atoms with Crippen LogP contribution in [0.25, 0.3) is 10.9 Å². The van der Waals surface area contributed by atoms with Gasteiger partial charge in [-0.2, -0.15) is 0 Å². The molecular formula is C27H25N3O4S. The van der Waals surface area contributed by atoms with Crippen molar-refractivity contribution >= 4 is 33.9 Å². The topological polar surface area (TPSA) is 75.8 Å². The lowest BCUT2D eigenvalue weighted by Crippen LogP contribution is -2.35. The van der Waals surface area contributed by atoms with E-state index in [2.05, 4.69) is 10.3 Å². The Bertz CT molecular complexity index is 1450. The first kappa shape index (κ1) is 22.7. The van der Waals surface area contributed by atoms with Crippen LogP contribution in [0, 0.1) is 6.92 Å². The first-order valence-corrected chi connectivity index (χ1v) is 11.6. The zero-order valence-corrected chi connectivity index (χ0v) is 20.3. The van der Waals surface area contributed by atoms with E-state index < -0.39 is 0 Å². The predicted octanol–water partition coefficient (Wildman–Crippen LogP) is 4.97. The van der Waals surface area contributed by atoms with Gasteiger partial charge in [0.1, 0.15) is 5.75 Å². The fraction of sp³-hybridized carbons (Fsp3) is 0.185. The van der Waals surface area contributed by atoms with Crippen LogP contribution < -0.4 is 25.1 Å². The second-order valence-corrected chi connectivity index (χ2v) is 8.80. The third kappa shape index (κ3) is 5.07. The van der Waals surface area contributed by atoms with Gasteiger partial charge in [0.25, 0.3) is 5.56 Å². The highest BCUT2D eigenvalue weighted by Gasteiger charge is 2.18. The number of aromatic amines is 1. The van der Waals surface area contributed by atoms with E-state index in [-0.39, 0.29) is 12.4 Å². The molecule has 0 saturated heterocycles. The Balaban J connectivity index is 1.46. The first-order chi connectivity index (χ1) is 17.0. The summed E-state index contributed by atoms with van der Waals surface area (Å²) in [6, 6.07) is 21.3. The average molecular weight is 488 g/mol. The second kappa shape index (κ2) is 9.68. The zero-order valence-electron chi connectivity index (χ0n) is 19.5. The van der Waals surface area contributed by atoms with E-state index in [1.807, 2.05) is 78.6 Å². The number of H-pyrrole nitrogens is 1. The number of thiocarbonyl (C=S) groups is 1. The largest absolute Gasteiger partial charge is 0.497 e. The van der Waals surface area contributed by atoms with Gasteiger partial charge in [0.05, 0.1) is 13.7 Å². The summed E-state index contributed by atoms with van der Waals surface area (Å²) in [5, 5.41) is 4.71. The van der Waals surface area contributed by atoms with Crippen LogP contribution in [0.2, 0.25) is 0 Å². The number of fused-ring (bicyclic) bond motifs is 2. The normalized spacial score (nSPS) is 11.9. The molecule has 1 aromatic heterocycles. The van der Waals surface area contributed by atoms with E-state index in [0.29, 0.717) is 29.5 Å². The quantitative estimate of drug-likeness (QED) is 0.372. The maximum atomic E-state index is 12.9. The van der Waals surface area contributed by atoms with Gasteiger partial charge in [0, 0.05) is 28.7 Å². The number of aromatic nitrogens is 1. The maximum absolute atomic E-state index is 12.9. The van der Waals surface area contributed by atoms with Crippen molar-refractivity contribution in [3.05, 3.63) is 93.8 Å². The zero-order chi connectivity index (χ0) is 24.4. The highest BCUT2D eigenvalue weighted by atomic mass is 32.1. The van der Waals surface area contributed by atoms with Crippen molar-refractivity contribution < 1.29 is 14.2 Å². The summed E-state index contributed by atoms with van der Waals surface area (Å²) in [4.78, 5) is 17.9. The van der Waals surface area contributed by atoms with Crippen LogP contribution in [-0.2, 0) is 13.1 Å². The van der Waals surface area contributed by atoms with E-state index in [9.17, 15) is 4.79 Å². The molecule has 2 heterocycles. The number of aryl methyl sites for hydroxylation is 1. The van der Waals surface area contributed by atoms with Gasteiger partial charge in [-0.05, 0) is 73.2 Å². The maximum Gasteiger partial charge on any atom is 0.253 e. The van der Waals surface area contributed by atoms with Crippen molar-refractivity contribution in [2.75, 3.05) is 19.2 Å². The number of rotatable bonds is 6. The second-order valence-electron chi connectivity index (χ2n) is 8.42. The first-order valence-electron chi connectivity index (χ1n) is 11.2. The van der Waals surface area contributed by atoms with Gasteiger partial charge in [-0.25, -0.2) is 0 Å². The number of hydrogen-bond donors (Lipinski definition) is 2.